The Morgan fingerprint density at radius 1 is 1.07 bits per heavy atom. The molecule has 0 fully saturated rings. The number of fused-ring (bicyclic) bond motifs is 1. The highest BCUT2D eigenvalue weighted by atomic mass is 19.4. The summed E-state index contributed by atoms with van der Waals surface area (Å²) in [4.78, 5) is 4.21. The molecule has 0 aliphatic heterocycles. The molecular formula is C20H21F3N3O2. The number of imidazole rings is 1. The third-order valence-corrected chi connectivity index (χ3v) is 4.43. The van der Waals surface area contributed by atoms with Gasteiger partial charge in [-0.15, -0.1) is 18.3 Å². The van der Waals surface area contributed by atoms with Crippen LogP contribution in [0.3, 0.4) is 0 Å². The molecule has 0 aliphatic carbocycles. The van der Waals surface area contributed by atoms with Gasteiger partial charge in [0.05, 0.1) is 18.5 Å². The van der Waals surface area contributed by atoms with Crippen LogP contribution in [0.2, 0.25) is 0 Å². The smallest absolute Gasteiger partial charge is 0.477 e. The molecule has 0 N–H and O–H groups in total. The molecule has 1 aromatic carbocycles. The normalized spacial score (nSPS) is 11.9. The van der Waals surface area contributed by atoms with Crippen LogP contribution in [0.25, 0.3) is 16.9 Å². The number of halogens is 3. The number of aromatic nitrogens is 3. The maximum absolute atomic E-state index is 12.7. The Morgan fingerprint density at radius 3 is 2.54 bits per heavy atom. The summed E-state index contributed by atoms with van der Waals surface area (Å²) < 4.78 is 49.5. The average Bonchev–Trinajstić information content (AvgIpc) is 3.07. The first-order valence-electron chi connectivity index (χ1n) is 9.07. The zero-order chi connectivity index (χ0) is 20.1. The van der Waals surface area contributed by atoms with E-state index < -0.39 is 6.36 Å². The van der Waals surface area contributed by atoms with Crippen molar-refractivity contribution in [1.82, 2.24) is 14.6 Å². The molecule has 2 heterocycles. The van der Waals surface area contributed by atoms with Gasteiger partial charge in [-0.3, -0.25) is 0 Å². The lowest BCUT2D eigenvalue weighted by Gasteiger charge is -2.13. The monoisotopic (exact) mass is 392 g/mol. The fourth-order valence-electron chi connectivity index (χ4n) is 2.91. The number of nitrogens with zero attached hydrogens (tertiary/aromatic N) is 3. The Bertz CT molecular complexity index is 920. The molecule has 2 aromatic heterocycles. The van der Waals surface area contributed by atoms with Crippen LogP contribution < -0.4 is 9.47 Å². The summed E-state index contributed by atoms with van der Waals surface area (Å²) in [6.45, 7) is 4.72. The van der Waals surface area contributed by atoms with E-state index in [1.165, 1.54) is 34.8 Å². The largest absolute Gasteiger partial charge is 0.573 e. The first kappa shape index (κ1) is 20.0. The highest BCUT2D eigenvalue weighted by molar-refractivity contribution is 5.69. The predicted molar refractivity (Wildman–Crippen MR) is 99.0 cm³/mol. The van der Waals surface area contributed by atoms with E-state index >= 15 is 0 Å². The van der Waals surface area contributed by atoms with Crippen molar-refractivity contribution >= 4 is 5.65 Å². The number of ether oxygens (including phenoxy) is 2. The van der Waals surface area contributed by atoms with Crippen LogP contribution in [-0.4, -0.2) is 27.6 Å². The number of benzene rings is 1. The summed E-state index contributed by atoms with van der Waals surface area (Å²) in [6, 6.07) is 9.31. The summed E-state index contributed by atoms with van der Waals surface area (Å²) in [5, 5.41) is 4.38. The molecule has 28 heavy (non-hydrogen) atoms. The van der Waals surface area contributed by atoms with Gasteiger partial charge in [0.15, 0.2) is 5.65 Å². The van der Waals surface area contributed by atoms with Crippen molar-refractivity contribution in [1.29, 1.82) is 0 Å². The zero-order valence-corrected chi connectivity index (χ0v) is 15.7. The van der Waals surface area contributed by atoms with Crippen molar-refractivity contribution in [2.24, 2.45) is 0 Å². The second-order valence-corrected chi connectivity index (χ2v) is 6.18. The van der Waals surface area contributed by atoms with Crippen LogP contribution in [0, 0.1) is 5.92 Å². The molecule has 8 heteroatoms. The Kier molecular flexibility index (Phi) is 6.06. The molecule has 0 saturated heterocycles. The van der Waals surface area contributed by atoms with E-state index in [2.05, 4.69) is 28.7 Å². The van der Waals surface area contributed by atoms with Crippen molar-refractivity contribution in [2.45, 2.75) is 39.5 Å². The molecular weight excluding hydrogens is 371 g/mol. The van der Waals surface area contributed by atoms with Gasteiger partial charge in [-0.1, -0.05) is 26.0 Å². The number of hydrogen-bond acceptors (Lipinski definition) is 4. The number of alkyl halides is 3. The number of rotatable bonds is 8. The first-order chi connectivity index (χ1) is 13.4. The van der Waals surface area contributed by atoms with E-state index in [1.54, 1.807) is 18.2 Å². The Balaban J connectivity index is 1.87. The topological polar surface area (TPSA) is 48.7 Å². The standard InChI is InChI=1S/C20H21F3N3O2/c1-3-14(4-2)11-12-27-19-10-9-18-24-13-16(26(18)25-19)15-7-5-6-8-17(15)28-20(21,22)23/h5-10,13H,3-4,11-12H2,1-2H3. The van der Waals surface area contributed by atoms with Gasteiger partial charge in [-0.05, 0) is 43.4 Å². The van der Waals surface area contributed by atoms with Crippen LogP contribution in [0.15, 0.2) is 42.6 Å². The zero-order valence-electron chi connectivity index (χ0n) is 15.7. The van der Waals surface area contributed by atoms with Gasteiger partial charge >= 0.3 is 6.36 Å². The Labute approximate surface area is 161 Å². The molecule has 0 saturated carbocycles. The summed E-state index contributed by atoms with van der Waals surface area (Å²) in [7, 11) is 0. The molecule has 1 radical (unpaired) electrons. The van der Waals surface area contributed by atoms with Crippen LogP contribution in [0.1, 0.15) is 33.1 Å². The molecule has 0 atom stereocenters. The van der Waals surface area contributed by atoms with Gasteiger partial charge < -0.3 is 9.47 Å². The van der Waals surface area contributed by atoms with Crippen molar-refractivity contribution < 1.29 is 22.6 Å². The van der Waals surface area contributed by atoms with E-state index in [0.29, 0.717) is 23.8 Å². The van der Waals surface area contributed by atoms with Gasteiger partial charge in [-0.2, -0.15) is 0 Å². The van der Waals surface area contributed by atoms with Gasteiger partial charge in [0, 0.05) is 11.6 Å². The molecule has 3 rings (SSSR count). The lowest BCUT2D eigenvalue weighted by atomic mass is 10.0. The molecule has 5 nitrogen and oxygen atoms in total. The van der Waals surface area contributed by atoms with Gasteiger partial charge in [0.25, 0.3) is 0 Å². The minimum Gasteiger partial charge on any atom is -0.477 e. The SMILES string of the molecule is CC[C](CC)CCOc1ccc2ncc(-c3ccccc3OC(F)(F)F)n2n1. The van der Waals surface area contributed by atoms with Crippen molar-refractivity contribution in [3.05, 3.63) is 48.5 Å². The summed E-state index contributed by atoms with van der Waals surface area (Å²) in [6.07, 6.45) is -0.469. The average molecular weight is 392 g/mol. The van der Waals surface area contributed by atoms with Crippen molar-refractivity contribution in [3.8, 4) is 22.9 Å². The minimum atomic E-state index is -4.79. The maximum Gasteiger partial charge on any atom is 0.573 e. The van der Waals surface area contributed by atoms with Crippen LogP contribution in [0.4, 0.5) is 13.2 Å². The number of para-hydroxylation sites is 1. The summed E-state index contributed by atoms with van der Waals surface area (Å²) in [5.74, 6) is 1.48. The highest BCUT2D eigenvalue weighted by Gasteiger charge is 2.32. The van der Waals surface area contributed by atoms with Crippen LogP contribution in [-0.2, 0) is 0 Å². The lowest BCUT2D eigenvalue weighted by Crippen LogP contribution is -2.17. The second-order valence-electron chi connectivity index (χ2n) is 6.18. The first-order valence-corrected chi connectivity index (χ1v) is 9.07. The third-order valence-electron chi connectivity index (χ3n) is 4.43. The molecule has 0 aliphatic rings. The van der Waals surface area contributed by atoms with Crippen LogP contribution in [0.5, 0.6) is 11.6 Å². The minimum absolute atomic E-state index is 0.240. The molecule has 0 unspecified atom stereocenters. The third kappa shape index (κ3) is 4.74. The van der Waals surface area contributed by atoms with Gasteiger partial charge in [0.1, 0.15) is 5.75 Å². The van der Waals surface area contributed by atoms with Crippen LogP contribution >= 0.6 is 0 Å². The summed E-state index contributed by atoms with van der Waals surface area (Å²) in [5.41, 5.74) is 1.12. The van der Waals surface area contributed by atoms with Gasteiger partial charge in [-0.25, -0.2) is 9.50 Å². The van der Waals surface area contributed by atoms with E-state index in [-0.39, 0.29) is 11.3 Å². The van der Waals surface area contributed by atoms with E-state index in [9.17, 15) is 13.2 Å². The predicted octanol–water partition coefficient (Wildman–Crippen LogP) is 5.46. The molecule has 149 valence electrons. The number of hydrogen-bond donors (Lipinski definition) is 0. The summed E-state index contributed by atoms with van der Waals surface area (Å²) >= 11 is 0. The second kappa shape index (κ2) is 8.50. The molecule has 3 aromatic rings. The van der Waals surface area contributed by atoms with Crippen molar-refractivity contribution in [2.75, 3.05) is 6.61 Å². The van der Waals surface area contributed by atoms with Gasteiger partial charge in [0.2, 0.25) is 5.88 Å². The van der Waals surface area contributed by atoms with E-state index in [0.717, 1.165) is 19.3 Å². The Morgan fingerprint density at radius 2 is 1.82 bits per heavy atom. The maximum atomic E-state index is 12.7. The van der Waals surface area contributed by atoms with Crippen molar-refractivity contribution in [3.63, 3.8) is 0 Å². The quantitative estimate of drug-likeness (QED) is 0.511. The molecule has 0 bridgehead atoms. The Hall–Kier alpha value is -2.77. The highest BCUT2D eigenvalue weighted by Crippen LogP contribution is 2.34. The fourth-order valence-corrected chi connectivity index (χ4v) is 2.91. The molecule has 0 spiro atoms. The lowest BCUT2D eigenvalue weighted by molar-refractivity contribution is -0.274. The van der Waals surface area contributed by atoms with E-state index in [4.69, 9.17) is 4.74 Å². The molecule has 0 amide bonds. The van der Waals surface area contributed by atoms with E-state index in [1.807, 2.05) is 0 Å². The fraction of sp³-hybridized carbons (Fsp3) is 0.350.